The highest BCUT2D eigenvalue weighted by Gasteiger charge is 2.73. The lowest BCUT2D eigenvalue weighted by molar-refractivity contribution is -0.396. The highest BCUT2D eigenvalue weighted by atomic mass is 35.5. The summed E-state index contributed by atoms with van der Waals surface area (Å²) in [7, 11) is 0. The molecule has 0 heterocycles. The van der Waals surface area contributed by atoms with Crippen molar-refractivity contribution in [3.8, 4) is 0 Å². The minimum atomic E-state index is -6.27. The Morgan fingerprint density at radius 2 is 1.19 bits per heavy atom. The molecule has 0 bridgehead atoms. The van der Waals surface area contributed by atoms with Gasteiger partial charge in [0.2, 0.25) is 0 Å². The Morgan fingerprint density at radius 3 is 1.44 bits per heavy atom. The van der Waals surface area contributed by atoms with E-state index in [4.69, 9.17) is 0 Å². The van der Waals surface area contributed by atoms with Crippen LogP contribution in [0.4, 0.5) is 39.5 Å². The van der Waals surface area contributed by atoms with Gasteiger partial charge in [0.15, 0.2) is 0 Å². The normalized spacial score (nSPS) is 15.4. The average molecular weight is 285 g/mol. The summed E-state index contributed by atoms with van der Waals surface area (Å²) in [5, 5.41) is -5.75. The molecule has 0 aliphatic rings. The van der Waals surface area contributed by atoms with Crippen molar-refractivity contribution in [3.63, 3.8) is 0 Å². The van der Waals surface area contributed by atoms with E-state index in [1.165, 1.54) is 0 Å². The SMILES string of the molecule is FC(F)(F)COC(F)(F)C(F)(F)C(F)(F)Cl. The zero-order chi connectivity index (χ0) is 13.4. The maximum Gasteiger partial charge on any atom is 0.427 e. The quantitative estimate of drug-likeness (QED) is 0.566. The van der Waals surface area contributed by atoms with E-state index in [-0.39, 0.29) is 0 Å². The second kappa shape index (κ2) is 4.13. The second-order valence-corrected chi connectivity index (χ2v) is 2.97. The second-order valence-electron chi connectivity index (χ2n) is 2.49. The van der Waals surface area contributed by atoms with Crippen LogP contribution in [0.25, 0.3) is 0 Å². The standard InChI is InChI=1S/C5H2ClF9O/c6-4(12,13)3(10,11)5(14,15)16-1-2(7,8)9/h1H2. The molecule has 0 aromatic rings. The monoisotopic (exact) mass is 284 g/mol. The van der Waals surface area contributed by atoms with Gasteiger partial charge in [-0.15, -0.1) is 0 Å². The third kappa shape index (κ3) is 3.58. The average Bonchev–Trinajstić information content (AvgIpc) is 1.97. The van der Waals surface area contributed by atoms with Crippen LogP contribution in [0.5, 0.6) is 0 Å². The van der Waals surface area contributed by atoms with Crippen molar-refractivity contribution >= 4 is 11.6 Å². The van der Waals surface area contributed by atoms with Crippen LogP contribution >= 0.6 is 11.6 Å². The molecule has 16 heavy (non-hydrogen) atoms. The summed E-state index contributed by atoms with van der Waals surface area (Å²) in [5.41, 5.74) is 0. The predicted molar refractivity (Wildman–Crippen MR) is 32.7 cm³/mol. The molecule has 0 spiro atoms. The molecule has 0 saturated carbocycles. The number of halogens is 10. The largest absolute Gasteiger partial charge is 0.427 e. The van der Waals surface area contributed by atoms with E-state index in [0.29, 0.717) is 0 Å². The van der Waals surface area contributed by atoms with Gasteiger partial charge in [-0.3, -0.25) is 0 Å². The fraction of sp³-hybridized carbons (Fsp3) is 1.00. The lowest BCUT2D eigenvalue weighted by atomic mass is 10.3. The molecule has 0 N–H and O–H groups in total. The zero-order valence-corrected chi connectivity index (χ0v) is 7.65. The van der Waals surface area contributed by atoms with Gasteiger partial charge < -0.3 is 4.74 Å². The van der Waals surface area contributed by atoms with Gasteiger partial charge in [0.1, 0.15) is 6.61 Å². The Balaban J connectivity index is 4.79. The third-order valence-electron chi connectivity index (χ3n) is 1.14. The fourth-order valence-corrected chi connectivity index (χ4v) is 0.538. The van der Waals surface area contributed by atoms with E-state index in [1.807, 2.05) is 0 Å². The minimum absolute atomic E-state index is 2.41. The van der Waals surface area contributed by atoms with Gasteiger partial charge >= 0.3 is 23.6 Å². The van der Waals surface area contributed by atoms with E-state index in [0.717, 1.165) is 0 Å². The van der Waals surface area contributed by atoms with Crippen LogP contribution in [-0.4, -0.2) is 30.2 Å². The summed E-state index contributed by atoms with van der Waals surface area (Å²) < 4.78 is 109. The molecule has 0 aromatic heterocycles. The summed E-state index contributed by atoms with van der Waals surface area (Å²) in [4.78, 5) is 0. The smallest absolute Gasteiger partial charge is 0.306 e. The number of rotatable bonds is 4. The number of ether oxygens (including phenoxy) is 1. The molecular formula is C5H2ClF9O. The first-order valence-corrected chi connectivity index (χ1v) is 3.61. The van der Waals surface area contributed by atoms with Crippen molar-refractivity contribution in [2.75, 3.05) is 6.61 Å². The number of alkyl halides is 10. The summed E-state index contributed by atoms with van der Waals surface area (Å²) in [5.74, 6) is -6.27. The van der Waals surface area contributed by atoms with Crippen LogP contribution in [-0.2, 0) is 4.74 Å². The Kier molecular flexibility index (Phi) is 4.03. The van der Waals surface area contributed by atoms with Gasteiger partial charge in [-0.05, 0) is 11.6 Å². The summed E-state index contributed by atoms with van der Waals surface area (Å²) in [6, 6.07) is 0. The van der Waals surface area contributed by atoms with E-state index < -0.39 is 30.2 Å². The zero-order valence-electron chi connectivity index (χ0n) is 6.89. The van der Waals surface area contributed by atoms with E-state index in [2.05, 4.69) is 16.3 Å². The van der Waals surface area contributed by atoms with Gasteiger partial charge in [-0.1, -0.05) is 0 Å². The summed E-state index contributed by atoms with van der Waals surface area (Å²) in [6.07, 6.45) is -11.4. The van der Waals surface area contributed by atoms with E-state index in [1.54, 1.807) is 0 Å². The molecule has 0 saturated heterocycles. The van der Waals surface area contributed by atoms with Crippen LogP contribution in [0.15, 0.2) is 0 Å². The van der Waals surface area contributed by atoms with Gasteiger partial charge in [0.25, 0.3) is 0 Å². The van der Waals surface area contributed by atoms with Gasteiger partial charge in [0, 0.05) is 0 Å². The first-order valence-electron chi connectivity index (χ1n) is 3.24. The van der Waals surface area contributed by atoms with Crippen LogP contribution in [0.1, 0.15) is 0 Å². The van der Waals surface area contributed by atoms with E-state index in [9.17, 15) is 39.5 Å². The van der Waals surface area contributed by atoms with Crippen molar-refractivity contribution in [2.24, 2.45) is 0 Å². The minimum Gasteiger partial charge on any atom is -0.306 e. The van der Waals surface area contributed by atoms with Crippen molar-refractivity contribution < 1.29 is 44.3 Å². The molecule has 0 atom stereocenters. The van der Waals surface area contributed by atoms with Crippen LogP contribution in [0, 0.1) is 0 Å². The van der Waals surface area contributed by atoms with E-state index >= 15 is 0 Å². The molecule has 1 nitrogen and oxygen atoms in total. The molecular weight excluding hydrogens is 282 g/mol. The van der Waals surface area contributed by atoms with Gasteiger partial charge in [0.05, 0.1) is 0 Å². The molecule has 11 heteroatoms. The third-order valence-corrected chi connectivity index (χ3v) is 1.38. The summed E-state index contributed by atoms with van der Waals surface area (Å²) in [6.45, 7) is -2.82. The van der Waals surface area contributed by atoms with Crippen LogP contribution in [0.3, 0.4) is 0 Å². The Bertz CT molecular complexity index is 241. The first-order chi connectivity index (χ1) is 6.71. The molecule has 0 rings (SSSR count). The van der Waals surface area contributed by atoms with Crippen LogP contribution < -0.4 is 0 Å². The molecule has 0 fully saturated rings. The fourth-order valence-electron chi connectivity index (χ4n) is 0.428. The molecule has 0 aromatic carbocycles. The molecule has 98 valence electrons. The van der Waals surface area contributed by atoms with Crippen molar-refractivity contribution in [2.45, 2.75) is 23.6 Å². The maximum atomic E-state index is 12.2. The van der Waals surface area contributed by atoms with Crippen molar-refractivity contribution in [1.82, 2.24) is 0 Å². The molecule has 0 unspecified atom stereocenters. The lowest BCUT2D eigenvalue weighted by Gasteiger charge is -2.28. The Labute approximate surface area is 87.1 Å². The molecule has 0 aliphatic carbocycles. The van der Waals surface area contributed by atoms with Gasteiger partial charge in [-0.2, -0.15) is 39.5 Å². The Morgan fingerprint density at radius 1 is 0.812 bits per heavy atom. The van der Waals surface area contributed by atoms with Crippen molar-refractivity contribution in [1.29, 1.82) is 0 Å². The molecule has 0 aliphatic heterocycles. The van der Waals surface area contributed by atoms with Crippen LogP contribution in [0.2, 0.25) is 0 Å². The Hall–Kier alpha value is -0.380. The van der Waals surface area contributed by atoms with Gasteiger partial charge in [-0.25, -0.2) is 0 Å². The molecule has 0 amide bonds. The highest BCUT2D eigenvalue weighted by molar-refractivity contribution is 6.22. The highest BCUT2D eigenvalue weighted by Crippen LogP contribution is 2.48. The lowest BCUT2D eigenvalue weighted by Crippen LogP contribution is -2.53. The predicted octanol–water partition coefficient (Wildman–Crippen LogP) is 3.62. The number of hydrogen-bond donors (Lipinski definition) is 0. The topological polar surface area (TPSA) is 9.23 Å². The maximum absolute atomic E-state index is 12.2. The van der Waals surface area contributed by atoms with Crippen molar-refractivity contribution in [3.05, 3.63) is 0 Å². The number of hydrogen-bond acceptors (Lipinski definition) is 1. The molecule has 0 radical (unpaired) electrons. The summed E-state index contributed by atoms with van der Waals surface area (Å²) >= 11 is 3.63. The first kappa shape index (κ1) is 15.6.